The Morgan fingerprint density at radius 1 is 1.07 bits per heavy atom. The molecule has 1 saturated heterocycles. The van der Waals surface area contributed by atoms with E-state index in [2.05, 4.69) is 52.0 Å². The van der Waals surface area contributed by atoms with E-state index in [1.54, 1.807) is 23.1 Å². The molecule has 154 valence electrons. The third-order valence-electron chi connectivity index (χ3n) is 4.93. The van der Waals surface area contributed by atoms with Crippen LogP contribution in [-0.4, -0.2) is 61.6 Å². The number of amides is 1. The summed E-state index contributed by atoms with van der Waals surface area (Å²) in [4.78, 5) is 28.8. The van der Waals surface area contributed by atoms with Crippen LogP contribution in [-0.2, 0) is 16.1 Å². The highest BCUT2D eigenvalue weighted by Crippen LogP contribution is 2.23. The zero-order valence-corrected chi connectivity index (χ0v) is 18.3. The van der Waals surface area contributed by atoms with Gasteiger partial charge < -0.3 is 14.4 Å². The number of carbonyl (C=O) groups is 2. The zero-order valence-electron chi connectivity index (χ0n) is 16.7. The Morgan fingerprint density at radius 2 is 1.83 bits per heavy atom. The number of carbonyl (C=O) groups excluding carboxylic acids is 2. The molecule has 29 heavy (non-hydrogen) atoms. The molecule has 0 spiro atoms. The lowest BCUT2D eigenvalue weighted by Gasteiger charge is -2.34. The molecule has 1 amide bonds. The van der Waals surface area contributed by atoms with Gasteiger partial charge in [-0.25, -0.2) is 4.79 Å². The normalized spacial score (nSPS) is 14.5. The third kappa shape index (κ3) is 5.81. The average molecular weight is 461 g/mol. The first-order valence-corrected chi connectivity index (χ1v) is 10.3. The maximum Gasteiger partial charge on any atom is 0.339 e. The molecule has 0 bridgehead atoms. The molecule has 0 saturated carbocycles. The number of ether oxygens (including phenoxy) is 2. The standard InChI is InChI=1S/C22H25BrN2O4/c1-16-4-3-5-17(12-16)14-24-8-10-25(11-9-24)21(26)15-29-22(27)19-13-18(28-2)6-7-20(19)23/h3-7,12-13H,8-11,14-15H2,1-2H3. The average Bonchev–Trinajstić information content (AvgIpc) is 2.72. The van der Waals surface area contributed by atoms with Crippen molar-refractivity contribution in [3.8, 4) is 5.75 Å². The molecule has 1 aliphatic heterocycles. The smallest absolute Gasteiger partial charge is 0.339 e. The molecule has 1 fully saturated rings. The van der Waals surface area contributed by atoms with Crippen LogP contribution in [0.25, 0.3) is 0 Å². The molecule has 7 heteroatoms. The maximum atomic E-state index is 12.4. The van der Waals surface area contributed by atoms with E-state index in [0.717, 1.165) is 19.6 Å². The molecule has 0 aliphatic carbocycles. The number of piperazine rings is 1. The lowest BCUT2D eigenvalue weighted by atomic mass is 10.1. The van der Waals surface area contributed by atoms with Crippen molar-refractivity contribution in [2.24, 2.45) is 0 Å². The van der Waals surface area contributed by atoms with Crippen LogP contribution in [0.2, 0.25) is 0 Å². The highest BCUT2D eigenvalue weighted by atomic mass is 79.9. The molecule has 1 aliphatic rings. The molecular weight excluding hydrogens is 436 g/mol. The Bertz CT molecular complexity index is 879. The van der Waals surface area contributed by atoms with Crippen molar-refractivity contribution in [2.45, 2.75) is 13.5 Å². The van der Waals surface area contributed by atoms with Crippen molar-refractivity contribution < 1.29 is 19.1 Å². The van der Waals surface area contributed by atoms with Crippen LogP contribution in [0.1, 0.15) is 21.5 Å². The molecule has 6 nitrogen and oxygen atoms in total. The predicted octanol–water partition coefficient (Wildman–Crippen LogP) is 3.27. The first-order valence-electron chi connectivity index (χ1n) is 9.52. The minimum absolute atomic E-state index is 0.174. The van der Waals surface area contributed by atoms with Crippen LogP contribution in [0, 0.1) is 6.92 Å². The van der Waals surface area contributed by atoms with Gasteiger partial charge in [0, 0.05) is 37.2 Å². The van der Waals surface area contributed by atoms with Crippen molar-refractivity contribution in [3.05, 3.63) is 63.6 Å². The Morgan fingerprint density at radius 3 is 2.52 bits per heavy atom. The van der Waals surface area contributed by atoms with E-state index in [0.29, 0.717) is 28.9 Å². The topological polar surface area (TPSA) is 59.1 Å². The Balaban J connectivity index is 1.47. The number of methoxy groups -OCH3 is 1. The highest BCUT2D eigenvalue weighted by molar-refractivity contribution is 9.10. The fourth-order valence-corrected chi connectivity index (χ4v) is 3.72. The van der Waals surface area contributed by atoms with E-state index in [-0.39, 0.29) is 12.5 Å². The molecule has 2 aromatic carbocycles. The lowest BCUT2D eigenvalue weighted by Crippen LogP contribution is -2.49. The maximum absolute atomic E-state index is 12.4. The van der Waals surface area contributed by atoms with Crippen molar-refractivity contribution in [3.63, 3.8) is 0 Å². The summed E-state index contributed by atoms with van der Waals surface area (Å²) in [5.41, 5.74) is 2.86. The van der Waals surface area contributed by atoms with E-state index in [4.69, 9.17) is 9.47 Å². The zero-order chi connectivity index (χ0) is 20.8. The van der Waals surface area contributed by atoms with Gasteiger partial charge in [0.2, 0.25) is 0 Å². The Labute approximate surface area is 179 Å². The fourth-order valence-electron chi connectivity index (χ4n) is 3.31. The van der Waals surface area contributed by atoms with Gasteiger partial charge in [-0.15, -0.1) is 0 Å². The number of benzene rings is 2. The van der Waals surface area contributed by atoms with E-state index in [9.17, 15) is 9.59 Å². The second-order valence-corrected chi connectivity index (χ2v) is 7.92. The number of esters is 1. The van der Waals surface area contributed by atoms with Crippen molar-refractivity contribution in [2.75, 3.05) is 39.9 Å². The van der Waals surface area contributed by atoms with Crippen LogP contribution < -0.4 is 4.74 Å². The van der Waals surface area contributed by atoms with Gasteiger partial charge in [0.15, 0.2) is 6.61 Å². The van der Waals surface area contributed by atoms with Crippen LogP contribution in [0.4, 0.5) is 0 Å². The number of halogens is 1. The van der Waals surface area contributed by atoms with Crippen LogP contribution in [0.15, 0.2) is 46.9 Å². The van der Waals surface area contributed by atoms with Gasteiger partial charge in [-0.05, 0) is 46.6 Å². The summed E-state index contributed by atoms with van der Waals surface area (Å²) >= 11 is 3.32. The van der Waals surface area contributed by atoms with Gasteiger partial charge in [0.05, 0.1) is 12.7 Å². The number of hydrogen-bond acceptors (Lipinski definition) is 5. The van der Waals surface area contributed by atoms with E-state index in [1.807, 2.05) is 0 Å². The molecule has 0 aromatic heterocycles. The quantitative estimate of drug-likeness (QED) is 0.619. The number of nitrogens with zero attached hydrogens (tertiary/aromatic N) is 2. The van der Waals surface area contributed by atoms with E-state index < -0.39 is 5.97 Å². The van der Waals surface area contributed by atoms with Crippen LogP contribution in [0.5, 0.6) is 5.75 Å². The van der Waals surface area contributed by atoms with E-state index >= 15 is 0 Å². The fraction of sp³-hybridized carbons (Fsp3) is 0.364. The van der Waals surface area contributed by atoms with Gasteiger partial charge in [0.25, 0.3) is 5.91 Å². The summed E-state index contributed by atoms with van der Waals surface area (Å²) in [6, 6.07) is 13.5. The van der Waals surface area contributed by atoms with Crippen LogP contribution in [0.3, 0.4) is 0 Å². The van der Waals surface area contributed by atoms with Crippen molar-refractivity contribution in [1.82, 2.24) is 9.80 Å². The molecular formula is C22H25BrN2O4. The molecule has 0 atom stereocenters. The lowest BCUT2D eigenvalue weighted by molar-refractivity contribution is -0.136. The van der Waals surface area contributed by atoms with Gasteiger partial charge >= 0.3 is 5.97 Å². The van der Waals surface area contributed by atoms with Crippen molar-refractivity contribution >= 4 is 27.8 Å². The summed E-state index contributed by atoms with van der Waals surface area (Å²) in [7, 11) is 1.53. The van der Waals surface area contributed by atoms with Crippen LogP contribution >= 0.6 is 15.9 Å². The van der Waals surface area contributed by atoms with Gasteiger partial charge in [-0.2, -0.15) is 0 Å². The summed E-state index contributed by atoms with van der Waals surface area (Å²) in [5, 5.41) is 0. The summed E-state index contributed by atoms with van der Waals surface area (Å²) in [5.74, 6) is -0.175. The summed E-state index contributed by atoms with van der Waals surface area (Å²) in [6.07, 6.45) is 0. The first-order chi connectivity index (χ1) is 14.0. The Hall–Kier alpha value is -2.38. The molecule has 0 N–H and O–H groups in total. The molecule has 0 radical (unpaired) electrons. The molecule has 0 unspecified atom stereocenters. The van der Waals surface area contributed by atoms with E-state index in [1.165, 1.54) is 18.2 Å². The number of aryl methyl sites for hydroxylation is 1. The van der Waals surface area contributed by atoms with Gasteiger partial charge in [-0.1, -0.05) is 29.8 Å². The first kappa shape index (κ1) is 21.3. The second kappa shape index (κ2) is 9.89. The highest BCUT2D eigenvalue weighted by Gasteiger charge is 2.23. The second-order valence-electron chi connectivity index (χ2n) is 7.07. The minimum atomic E-state index is -0.554. The van der Waals surface area contributed by atoms with Gasteiger partial charge in [0.1, 0.15) is 5.75 Å². The summed E-state index contributed by atoms with van der Waals surface area (Å²) < 4.78 is 11.0. The Kier molecular flexibility index (Phi) is 7.28. The third-order valence-corrected chi connectivity index (χ3v) is 5.63. The largest absolute Gasteiger partial charge is 0.497 e. The number of hydrogen-bond donors (Lipinski definition) is 0. The molecule has 1 heterocycles. The summed E-state index contributed by atoms with van der Waals surface area (Å²) in [6.45, 7) is 5.56. The predicted molar refractivity (Wildman–Crippen MR) is 114 cm³/mol. The van der Waals surface area contributed by atoms with Crippen molar-refractivity contribution in [1.29, 1.82) is 0 Å². The van der Waals surface area contributed by atoms with Gasteiger partial charge in [-0.3, -0.25) is 9.69 Å². The SMILES string of the molecule is COc1ccc(Br)c(C(=O)OCC(=O)N2CCN(Cc3cccc(C)c3)CC2)c1. The molecule has 3 rings (SSSR count). The monoisotopic (exact) mass is 460 g/mol. The molecule has 2 aromatic rings. The minimum Gasteiger partial charge on any atom is -0.497 e. The number of rotatable bonds is 6.